The van der Waals surface area contributed by atoms with Crippen molar-refractivity contribution >= 4 is 45.5 Å². The molecule has 0 unspecified atom stereocenters. The second kappa shape index (κ2) is 5.62. The molecular formula is C20H12ClNO2. The van der Waals surface area contributed by atoms with E-state index >= 15 is 0 Å². The van der Waals surface area contributed by atoms with Gasteiger partial charge in [-0.25, -0.2) is 0 Å². The monoisotopic (exact) mass is 333 g/mol. The van der Waals surface area contributed by atoms with E-state index in [1.54, 1.807) is 30.5 Å². The summed E-state index contributed by atoms with van der Waals surface area (Å²) in [6.45, 7) is 0. The molecule has 0 amide bonds. The van der Waals surface area contributed by atoms with Crippen LogP contribution in [-0.2, 0) is 0 Å². The second-order valence-corrected chi connectivity index (χ2v) is 5.98. The second-order valence-electron chi connectivity index (χ2n) is 5.57. The molecule has 0 atom stereocenters. The van der Waals surface area contributed by atoms with E-state index in [-0.39, 0.29) is 5.91 Å². The first kappa shape index (κ1) is 14.7. The highest BCUT2D eigenvalue weighted by atomic mass is 35.5. The van der Waals surface area contributed by atoms with E-state index in [0.717, 1.165) is 17.1 Å². The van der Waals surface area contributed by atoms with Crippen LogP contribution in [0.15, 0.2) is 66.9 Å². The van der Waals surface area contributed by atoms with Crippen LogP contribution in [0.5, 0.6) is 0 Å². The molecule has 116 valence electrons. The molecule has 0 saturated heterocycles. The number of carbonyl (C=O) groups is 2. The summed E-state index contributed by atoms with van der Waals surface area (Å²) >= 11 is 6.20. The first-order valence-corrected chi connectivity index (χ1v) is 7.85. The van der Waals surface area contributed by atoms with Gasteiger partial charge in [-0.15, -0.1) is 0 Å². The molecule has 4 rings (SSSR count). The number of aldehydes is 1. The Labute approximate surface area is 143 Å². The molecule has 1 heterocycles. The Hall–Kier alpha value is -2.91. The highest BCUT2D eigenvalue weighted by Crippen LogP contribution is 2.28. The zero-order chi connectivity index (χ0) is 16.7. The van der Waals surface area contributed by atoms with Crippen LogP contribution in [0.25, 0.3) is 21.7 Å². The predicted octanol–water partition coefficient (Wildman–Crippen LogP) is 4.95. The lowest BCUT2D eigenvalue weighted by Gasteiger charge is -2.06. The fourth-order valence-corrected chi connectivity index (χ4v) is 3.27. The van der Waals surface area contributed by atoms with E-state index in [2.05, 4.69) is 0 Å². The van der Waals surface area contributed by atoms with Gasteiger partial charge in [0.15, 0.2) is 6.29 Å². The minimum absolute atomic E-state index is 0.193. The van der Waals surface area contributed by atoms with Crippen LogP contribution in [0, 0.1) is 0 Å². The van der Waals surface area contributed by atoms with Crippen molar-refractivity contribution in [1.82, 2.24) is 4.57 Å². The summed E-state index contributed by atoms with van der Waals surface area (Å²) in [5.41, 5.74) is 1.59. The molecule has 3 nitrogen and oxygen atoms in total. The average molecular weight is 334 g/mol. The van der Waals surface area contributed by atoms with Gasteiger partial charge in [-0.3, -0.25) is 14.2 Å². The molecule has 0 saturated carbocycles. The highest BCUT2D eigenvalue weighted by Gasteiger charge is 2.17. The number of fused-ring (bicyclic) bond motifs is 2. The lowest BCUT2D eigenvalue weighted by molar-refractivity contribution is 0.0965. The van der Waals surface area contributed by atoms with Gasteiger partial charge in [0.2, 0.25) is 0 Å². The van der Waals surface area contributed by atoms with E-state index in [4.69, 9.17) is 11.6 Å². The summed E-state index contributed by atoms with van der Waals surface area (Å²) in [5, 5.41) is 3.12. The van der Waals surface area contributed by atoms with Gasteiger partial charge in [-0.2, -0.15) is 0 Å². The topological polar surface area (TPSA) is 39.1 Å². The van der Waals surface area contributed by atoms with Crippen LogP contribution in [0.3, 0.4) is 0 Å². The SMILES string of the molecule is O=Cc1cn(C(=O)c2ccc3ccccc3c2)c2cccc(Cl)c12. The quantitative estimate of drug-likeness (QED) is 0.487. The third-order valence-corrected chi connectivity index (χ3v) is 4.47. The van der Waals surface area contributed by atoms with Crippen molar-refractivity contribution in [3.63, 3.8) is 0 Å². The van der Waals surface area contributed by atoms with Crippen molar-refractivity contribution in [1.29, 1.82) is 0 Å². The molecule has 0 aliphatic carbocycles. The summed E-state index contributed by atoms with van der Waals surface area (Å²) in [6, 6.07) is 18.7. The van der Waals surface area contributed by atoms with Crippen molar-refractivity contribution < 1.29 is 9.59 Å². The van der Waals surface area contributed by atoms with Crippen LogP contribution in [0.2, 0.25) is 5.02 Å². The van der Waals surface area contributed by atoms with Gasteiger partial charge in [0, 0.05) is 22.7 Å². The number of hydrogen-bond donors (Lipinski definition) is 0. The summed E-state index contributed by atoms with van der Waals surface area (Å²) in [5.74, 6) is -0.193. The van der Waals surface area contributed by atoms with Crippen LogP contribution in [0.4, 0.5) is 0 Å². The normalized spacial score (nSPS) is 11.0. The molecular weight excluding hydrogens is 322 g/mol. The minimum atomic E-state index is -0.193. The van der Waals surface area contributed by atoms with Gasteiger partial charge in [0.25, 0.3) is 5.91 Å². The van der Waals surface area contributed by atoms with Crippen LogP contribution in [-0.4, -0.2) is 16.8 Å². The van der Waals surface area contributed by atoms with E-state index < -0.39 is 0 Å². The number of rotatable bonds is 2. The smallest absolute Gasteiger partial charge is 0.262 e. The van der Waals surface area contributed by atoms with Crippen molar-refractivity contribution in [2.75, 3.05) is 0 Å². The number of benzene rings is 3. The van der Waals surface area contributed by atoms with Crippen molar-refractivity contribution in [2.45, 2.75) is 0 Å². The molecule has 0 bridgehead atoms. The van der Waals surface area contributed by atoms with E-state index in [1.165, 1.54) is 4.57 Å². The molecule has 3 aromatic carbocycles. The number of hydrogen-bond acceptors (Lipinski definition) is 2. The molecule has 0 spiro atoms. The van der Waals surface area contributed by atoms with Crippen LogP contribution >= 0.6 is 11.6 Å². The average Bonchev–Trinajstić information content (AvgIpc) is 3.01. The zero-order valence-corrected chi connectivity index (χ0v) is 13.3. The summed E-state index contributed by atoms with van der Waals surface area (Å²) in [7, 11) is 0. The maximum atomic E-state index is 12.9. The molecule has 4 aromatic rings. The molecule has 0 N–H and O–H groups in total. The lowest BCUT2D eigenvalue weighted by atomic mass is 10.1. The summed E-state index contributed by atoms with van der Waals surface area (Å²) < 4.78 is 1.48. The van der Waals surface area contributed by atoms with Gasteiger partial charge in [-0.05, 0) is 35.0 Å². The van der Waals surface area contributed by atoms with Gasteiger partial charge in [-0.1, -0.05) is 48.0 Å². The van der Waals surface area contributed by atoms with Crippen LogP contribution in [0.1, 0.15) is 20.7 Å². The lowest BCUT2D eigenvalue weighted by Crippen LogP contribution is -2.10. The summed E-state index contributed by atoms with van der Waals surface area (Å²) in [6.07, 6.45) is 2.26. The number of halogens is 1. The molecule has 1 aromatic heterocycles. The van der Waals surface area contributed by atoms with Crippen molar-refractivity contribution in [3.05, 3.63) is 83.0 Å². The van der Waals surface area contributed by atoms with E-state index in [9.17, 15) is 9.59 Å². The highest BCUT2D eigenvalue weighted by molar-refractivity contribution is 6.36. The maximum absolute atomic E-state index is 12.9. The Kier molecular flexibility index (Phi) is 3.44. The Bertz CT molecular complexity index is 1110. The number of carbonyl (C=O) groups excluding carboxylic acids is 2. The first-order valence-electron chi connectivity index (χ1n) is 7.47. The molecule has 0 radical (unpaired) electrons. The molecule has 4 heteroatoms. The molecule has 0 fully saturated rings. The third-order valence-electron chi connectivity index (χ3n) is 4.15. The van der Waals surface area contributed by atoms with E-state index in [0.29, 0.717) is 27.1 Å². The van der Waals surface area contributed by atoms with Gasteiger partial charge in [0.1, 0.15) is 0 Å². The Morgan fingerprint density at radius 3 is 2.54 bits per heavy atom. The predicted molar refractivity (Wildman–Crippen MR) is 96.0 cm³/mol. The third kappa shape index (κ3) is 2.22. The first-order chi connectivity index (χ1) is 11.7. The largest absolute Gasteiger partial charge is 0.298 e. The standard InChI is InChI=1S/C20H12ClNO2/c21-17-6-3-7-18-19(17)16(12-23)11-22(18)20(24)15-9-8-13-4-1-2-5-14(13)10-15/h1-12H. The fraction of sp³-hybridized carbons (Fsp3) is 0. The van der Waals surface area contributed by atoms with Crippen molar-refractivity contribution in [3.8, 4) is 0 Å². The Morgan fingerprint density at radius 1 is 0.958 bits per heavy atom. The van der Waals surface area contributed by atoms with Crippen LogP contribution < -0.4 is 0 Å². The van der Waals surface area contributed by atoms with Crippen molar-refractivity contribution in [2.24, 2.45) is 0 Å². The van der Waals surface area contributed by atoms with Gasteiger partial charge < -0.3 is 0 Å². The Balaban J connectivity index is 1.91. The van der Waals surface area contributed by atoms with Gasteiger partial charge >= 0.3 is 0 Å². The fourth-order valence-electron chi connectivity index (χ4n) is 2.99. The molecule has 0 aliphatic rings. The zero-order valence-electron chi connectivity index (χ0n) is 12.6. The minimum Gasteiger partial charge on any atom is -0.298 e. The maximum Gasteiger partial charge on any atom is 0.262 e. The van der Waals surface area contributed by atoms with Gasteiger partial charge in [0.05, 0.1) is 10.5 Å². The number of aromatic nitrogens is 1. The molecule has 0 aliphatic heterocycles. The molecule has 24 heavy (non-hydrogen) atoms. The van der Waals surface area contributed by atoms with E-state index in [1.807, 2.05) is 36.4 Å². The Morgan fingerprint density at radius 2 is 1.75 bits per heavy atom. The number of nitrogens with zero attached hydrogens (tertiary/aromatic N) is 1. The summed E-state index contributed by atoms with van der Waals surface area (Å²) in [4.78, 5) is 24.3.